The second-order valence-electron chi connectivity index (χ2n) is 3.82. The molecule has 0 saturated carbocycles. The Morgan fingerprint density at radius 1 is 1.28 bits per heavy atom. The highest BCUT2D eigenvalue weighted by Gasteiger charge is 2.02. The fourth-order valence-corrected chi connectivity index (χ4v) is 2.45. The number of nitrogens with one attached hydrogen (secondary N) is 1. The first-order valence-corrected chi connectivity index (χ1v) is 6.87. The van der Waals surface area contributed by atoms with Gasteiger partial charge in [-0.25, -0.2) is 0 Å². The highest BCUT2D eigenvalue weighted by Crippen LogP contribution is 2.30. The van der Waals surface area contributed by atoms with Gasteiger partial charge in [-0.2, -0.15) is 0 Å². The summed E-state index contributed by atoms with van der Waals surface area (Å²) < 4.78 is 0. The molecule has 0 atom stereocenters. The Morgan fingerprint density at radius 2 is 2.11 bits per heavy atom. The van der Waals surface area contributed by atoms with Crippen LogP contribution in [0.15, 0.2) is 47.5 Å². The molecule has 0 aliphatic carbocycles. The summed E-state index contributed by atoms with van der Waals surface area (Å²) in [6.45, 7) is 2.97. The molecule has 1 aromatic carbocycles. The Labute approximate surface area is 111 Å². The number of rotatable bonds is 5. The number of aromatic nitrogens is 1. The van der Waals surface area contributed by atoms with Gasteiger partial charge in [0, 0.05) is 29.1 Å². The first-order chi connectivity index (χ1) is 8.79. The third kappa shape index (κ3) is 3.40. The van der Waals surface area contributed by atoms with Crippen molar-refractivity contribution < 1.29 is 5.11 Å². The standard InChI is InChI=1S/C14H16N2OS/c1-2-15-11-7-8-16-12(9-11)10-18-14-6-4-3-5-13(14)17/h3-9,17H,2,10H2,1H3,(H,15,16). The van der Waals surface area contributed by atoms with Crippen LogP contribution in [0.4, 0.5) is 5.69 Å². The Kier molecular flexibility index (Phi) is 4.47. The monoisotopic (exact) mass is 260 g/mol. The highest BCUT2D eigenvalue weighted by atomic mass is 32.2. The maximum absolute atomic E-state index is 9.67. The average Bonchev–Trinajstić information content (AvgIpc) is 2.39. The number of thioether (sulfide) groups is 1. The molecular weight excluding hydrogens is 244 g/mol. The van der Waals surface area contributed by atoms with Crippen molar-refractivity contribution in [3.8, 4) is 5.75 Å². The van der Waals surface area contributed by atoms with Crippen molar-refractivity contribution in [2.45, 2.75) is 17.6 Å². The number of hydrogen-bond acceptors (Lipinski definition) is 4. The fraction of sp³-hybridized carbons (Fsp3) is 0.214. The highest BCUT2D eigenvalue weighted by molar-refractivity contribution is 7.98. The molecule has 18 heavy (non-hydrogen) atoms. The van der Waals surface area contributed by atoms with Crippen LogP contribution in [0.25, 0.3) is 0 Å². The van der Waals surface area contributed by atoms with Gasteiger partial charge in [-0.15, -0.1) is 11.8 Å². The summed E-state index contributed by atoms with van der Waals surface area (Å²) in [4.78, 5) is 5.21. The predicted octanol–water partition coefficient (Wildman–Crippen LogP) is 3.51. The van der Waals surface area contributed by atoms with Crippen molar-refractivity contribution in [1.29, 1.82) is 0 Å². The number of hydrogen-bond donors (Lipinski definition) is 2. The second-order valence-corrected chi connectivity index (χ2v) is 4.84. The maximum Gasteiger partial charge on any atom is 0.129 e. The van der Waals surface area contributed by atoms with Crippen molar-refractivity contribution in [3.63, 3.8) is 0 Å². The van der Waals surface area contributed by atoms with Crippen LogP contribution in [0.5, 0.6) is 5.75 Å². The third-order valence-corrected chi connectivity index (χ3v) is 3.53. The van der Waals surface area contributed by atoms with E-state index in [1.54, 1.807) is 24.0 Å². The first kappa shape index (κ1) is 12.8. The zero-order valence-electron chi connectivity index (χ0n) is 10.3. The smallest absolute Gasteiger partial charge is 0.129 e. The summed E-state index contributed by atoms with van der Waals surface area (Å²) in [7, 11) is 0. The number of phenolic OH excluding ortho intramolecular Hbond substituents is 1. The molecule has 0 amide bonds. The molecule has 0 radical (unpaired) electrons. The molecule has 1 heterocycles. The van der Waals surface area contributed by atoms with Crippen molar-refractivity contribution >= 4 is 17.4 Å². The Balaban J connectivity index is 2.02. The van der Waals surface area contributed by atoms with E-state index in [1.807, 2.05) is 30.3 Å². The molecule has 2 aromatic rings. The minimum absolute atomic E-state index is 0.324. The first-order valence-electron chi connectivity index (χ1n) is 5.89. The molecular formula is C14H16N2OS. The number of para-hydroxylation sites is 1. The molecule has 0 fully saturated rings. The van der Waals surface area contributed by atoms with Crippen molar-refractivity contribution in [2.24, 2.45) is 0 Å². The van der Waals surface area contributed by atoms with Gasteiger partial charge >= 0.3 is 0 Å². The number of nitrogens with zero attached hydrogens (tertiary/aromatic N) is 1. The van der Waals surface area contributed by atoms with Gasteiger partial charge < -0.3 is 10.4 Å². The normalized spacial score (nSPS) is 10.3. The number of phenols is 1. The van der Waals surface area contributed by atoms with Gasteiger partial charge in [-0.1, -0.05) is 12.1 Å². The summed E-state index contributed by atoms with van der Waals surface area (Å²) in [6, 6.07) is 11.3. The number of aromatic hydroxyl groups is 1. The van der Waals surface area contributed by atoms with Gasteiger partial charge in [-0.3, -0.25) is 4.98 Å². The van der Waals surface area contributed by atoms with E-state index < -0.39 is 0 Å². The third-order valence-electron chi connectivity index (χ3n) is 2.44. The van der Waals surface area contributed by atoms with E-state index in [9.17, 15) is 5.11 Å². The molecule has 0 saturated heterocycles. The summed E-state index contributed by atoms with van der Waals surface area (Å²) >= 11 is 1.59. The van der Waals surface area contributed by atoms with Gasteiger partial charge in [0.15, 0.2) is 0 Å². The second kappa shape index (κ2) is 6.31. The molecule has 2 rings (SSSR count). The lowest BCUT2D eigenvalue weighted by Crippen LogP contribution is -1.97. The van der Waals surface area contributed by atoms with E-state index >= 15 is 0 Å². The Bertz CT molecular complexity index is 517. The summed E-state index contributed by atoms with van der Waals surface area (Å²) in [5.41, 5.74) is 2.09. The van der Waals surface area contributed by atoms with E-state index in [-0.39, 0.29) is 0 Å². The predicted molar refractivity (Wildman–Crippen MR) is 76.1 cm³/mol. The summed E-state index contributed by atoms with van der Waals surface area (Å²) in [5.74, 6) is 1.07. The molecule has 0 spiro atoms. The Morgan fingerprint density at radius 3 is 2.89 bits per heavy atom. The lowest BCUT2D eigenvalue weighted by atomic mass is 10.3. The minimum atomic E-state index is 0.324. The van der Waals surface area contributed by atoms with Crippen LogP contribution in [-0.4, -0.2) is 16.6 Å². The number of anilines is 1. The van der Waals surface area contributed by atoms with Crippen LogP contribution in [0, 0.1) is 0 Å². The zero-order valence-corrected chi connectivity index (χ0v) is 11.1. The van der Waals surface area contributed by atoms with E-state index in [1.165, 1.54) is 0 Å². The Hall–Kier alpha value is -1.68. The maximum atomic E-state index is 9.67. The minimum Gasteiger partial charge on any atom is -0.507 e. The molecule has 0 unspecified atom stereocenters. The fourth-order valence-electron chi connectivity index (χ4n) is 1.60. The molecule has 3 nitrogen and oxygen atoms in total. The molecule has 0 aliphatic rings. The van der Waals surface area contributed by atoms with Gasteiger partial charge in [0.05, 0.1) is 5.69 Å². The average molecular weight is 260 g/mol. The van der Waals surface area contributed by atoms with Crippen LogP contribution in [-0.2, 0) is 5.75 Å². The van der Waals surface area contributed by atoms with E-state index in [0.29, 0.717) is 5.75 Å². The largest absolute Gasteiger partial charge is 0.507 e. The topological polar surface area (TPSA) is 45.2 Å². The van der Waals surface area contributed by atoms with Crippen LogP contribution in [0.1, 0.15) is 12.6 Å². The molecule has 0 bridgehead atoms. The van der Waals surface area contributed by atoms with Gasteiger partial charge in [0.2, 0.25) is 0 Å². The van der Waals surface area contributed by atoms with Gasteiger partial charge in [-0.05, 0) is 31.2 Å². The number of pyridine rings is 1. The van der Waals surface area contributed by atoms with Crippen molar-refractivity contribution in [1.82, 2.24) is 4.98 Å². The van der Waals surface area contributed by atoms with Crippen LogP contribution >= 0.6 is 11.8 Å². The van der Waals surface area contributed by atoms with Gasteiger partial charge in [0.25, 0.3) is 0 Å². The van der Waals surface area contributed by atoms with Crippen LogP contribution in [0.3, 0.4) is 0 Å². The molecule has 0 aliphatic heterocycles. The zero-order chi connectivity index (χ0) is 12.8. The lowest BCUT2D eigenvalue weighted by molar-refractivity contribution is 0.462. The van der Waals surface area contributed by atoms with E-state index in [2.05, 4.69) is 17.2 Å². The van der Waals surface area contributed by atoms with Crippen LogP contribution < -0.4 is 5.32 Å². The van der Waals surface area contributed by atoms with Crippen LogP contribution in [0.2, 0.25) is 0 Å². The van der Waals surface area contributed by atoms with E-state index in [4.69, 9.17) is 0 Å². The summed E-state index contributed by atoms with van der Waals surface area (Å²) in [5, 5.41) is 12.9. The molecule has 4 heteroatoms. The van der Waals surface area contributed by atoms with E-state index in [0.717, 1.165) is 28.6 Å². The van der Waals surface area contributed by atoms with Crippen molar-refractivity contribution in [2.75, 3.05) is 11.9 Å². The SMILES string of the molecule is CCNc1ccnc(CSc2ccccc2O)c1. The summed E-state index contributed by atoms with van der Waals surface area (Å²) in [6.07, 6.45) is 1.80. The molecule has 94 valence electrons. The quantitative estimate of drug-likeness (QED) is 0.807. The molecule has 2 N–H and O–H groups in total. The molecule has 1 aromatic heterocycles. The van der Waals surface area contributed by atoms with Crippen molar-refractivity contribution in [3.05, 3.63) is 48.3 Å². The number of benzene rings is 1. The lowest BCUT2D eigenvalue weighted by Gasteiger charge is -2.06. The van der Waals surface area contributed by atoms with Gasteiger partial charge in [0.1, 0.15) is 5.75 Å².